The smallest absolute Gasteiger partial charge is 0.136 e. The van der Waals surface area contributed by atoms with Crippen LogP contribution in [-0.2, 0) is 6.54 Å². The number of benzene rings is 1. The maximum atomic E-state index is 5.99. The van der Waals surface area contributed by atoms with Gasteiger partial charge in [0.2, 0.25) is 0 Å². The van der Waals surface area contributed by atoms with Crippen LogP contribution in [0.4, 0.5) is 11.6 Å². The predicted molar refractivity (Wildman–Crippen MR) is 81.7 cm³/mol. The van der Waals surface area contributed by atoms with Gasteiger partial charge in [0.25, 0.3) is 0 Å². The summed E-state index contributed by atoms with van der Waals surface area (Å²) in [5, 5.41) is 3.39. The average Bonchev–Trinajstić information content (AvgIpc) is 3.25. The second-order valence-corrected chi connectivity index (χ2v) is 5.56. The standard InChI is InChI=1S/C16H20N4/c1-10-4-3-5-12(8-10)9-18-15-11(2)14(17)19-16(20-15)13-6-7-13/h3-5,8,13H,6-7,9H2,1-2H3,(H3,17,18,19,20). The maximum Gasteiger partial charge on any atom is 0.136 e. The molecule has 2 aromatic rings. The number of hydrogen-bond acceptors (Lipinski definition) is 4. The molecule has 0 bridgehead atoms. The molecule has 1 aliphatic carbocycles. The van der Waals surface area contributed by atoms with Crippen molar-refractivity contribution in [1.29, 1.82) is 0 Å². The molecule has 1 fully saturated rings. The summed E-state index contributed by atoms with van der Waals surface area (Å²) in [7, 11) is 0. The van der Waals surface area contributed by atoms with Crippen molar-refractivity contribution >= 4 is 11.6 Å². The van der Waals surface area contributed by atoms with Gasteiger partial charge in [0.15, 0.2) is 0 Å². The highest BCUT2D eigenvalue weighted by molar-refractivity contribution is 5.55. The fourth-order valence-electron chi connectivity index (χ4n) is 2.26. The average molecular weight is 268 g/mol. The molecule has 1 saturated carbocycles. The monoisotopic (exact) mass is 268 g/mol. The molecule has 3 N–H and O–H groups in total. The van der Waals surface area contributed by atoms with Crippen molar-refractivity contribution in [1.82, 2.24) is 9.97 Å². The minimum atomic E-state index is 0.511. The molecular weight excluding hydrogens is 248 g/mol. The molecule has 3 rings (SSSR count). The summed E-state index contributed by atoms with van der Waals surface area (Å²) in [6.45, 7) is 4.82. The number of nitrogen functional groups attached to an aromatic ring is 1. The molecule has 0 atom stereocenters. The Morgan fingerprint density at radius 3 is 2.75 bits per heavy atom. The largest absolute Gasteiger partial charge is 0.383 e. The van der Waals surface area contributed by atoms with Gasteiger partial charge in [0.1, 0.15) is 17.5 Å². The van der Waals surface area contributed by atoms with E-state index < -0.39 is 0 Å². The van der Waals surface area contributed by atoms with Crippen LogP contribution in [0.5, 0.6) is 0 Å². The van der Waals surface area contributed by atoms with Crippen molar-refractivity contribution in [3.63, 3.8) is 0 Å². The Hall–Kier alpha value is -2.10. The first-order valence-electron chi connectivity index (χ1n) is 7.07. The molecule has 0 radical (unpaired) electrons. The number of hydrogen-bond donors (Lipinski definition) is 2. The van der Waals surface area contributed by atoms with Crippen molar-refractivity contribution in [3.8, 4) is 0 Å². The molecular formula is C16H20N4. The molecule has 20 heavy (non-hydrogen) atoms. The molecule has 0 unspecified atom stereocenters. The second kappa shape index (κ2) is 5.12. The van der Waals surface area contributed by atoms with Crippen molar-refractivity contribution in [2.75, 3.05) is 11.1 Å². The Morgan fingerprint density at radius 2 is 2.05 bits per heavy atom. The molecule has 0 saturated heterocycles. The van der Waals surface area contributed by atoms with E-state index in [0.29, 0.717) is 11.7 Å². The fraction of sp³-hybridized carbons (Fsp3) is 0.375. The normalized spacial score (nSPS) is 14.3. The number of rotatable bonds is 4. The van der Waals surface area contributed by atoms with Gasteiger partial charge in [0, 0.05) is 18.0 Å². The van der Waals surface area contributed by atoms with Gasteiger partial charge in [-0.1, -0.05) is 29.8 Å². The molecule has 0 aliphatic heterocycles. The zero-order valence-electron chi connectivity index (χ0n) is 12.0. The van der Waals surface area contributed by atoms with E-state index in [-0.39, 0.29) is 0 Å². The van der Waals surface area contributed by atoms with Crippen LogP contribution in [0.1, 0.15) is 41.3 Å². The second-order valence-electron chi connectivity index (χ2n) is 5.56. The minimum absolute atomic E-state index is 0.511. The van der Waals surface area contributed by atoms with E-state index in [1.165, 1.54) is 24.0 Å². The van der Waals surface area contributed by atoms with E-state index in [9.17, 15) is 0 Å². The minimum Gasteiger partial charge on any atom is -0.383 e. The van der Waals surface area contributed by atoms with Crippen molar-refractivity contribution in [3.05, 3.63) is 46.8 Å². The van der Waals surface area contributed by atoms with E-state index in [4.69, 9.17) is 5.73 Å². The lowest BCUT2D eigenvalue weighted by Gasteiger charge is -2.12. The summed E-state index contributed by atoms with van der Waals surface area (Å²) in [5.41, 5.74) is 9.43. The van der Waals surface area contributed by atoms with Gasteiger partial charge in [-0.25, -0.2) is 9.97 Å². The van der Waals surface area contributed by atoms with Crippen LogP contribution in [0.3, 0.4) is 0 Å². The quantitative estimate of drug-likeness (QED) is 0.894. The third kappa shape index (κ3) is 2.74. The zero-order chi connectivity index (χ0) is 14.1. The SMILES string of the molecule is Cc1cccc(CNc2nc(C3CC3)nc(N)c2C)c1. The van der Waals surface area contributed by atoms with E-state index in [2.05, 4.69) is 46.5 Å². The Balaban J connectivity index is 1.79. The molecule has 0 spiro atoms. The molecule has 1 aliphatic rings. The summed E-state index contributed by atoms with van der Waals surface area (Å²) in [6, 6.07) is 8.46. The van der Waals surface area contributed by atoms with Gasteiger partial charge in [-0.2, -0.15) is 0 Å². The number of nitrogens with one attached hydrogen (secondary N) is 1. The Kier molecular flexibility index (Phi) is 3.30. The Bertz CT molecular complexity index is 632. The molecule has 1 aromatic carbocycles. The van der Waals surface area contributed by atoms with E-state index in [0.717, 1.165) is 23.8 Å². The van der Waals surface area contributed by atoms with Crippen molar-refractivity contribution in [2.45, 2.75) is 39.2 Å². The van der Waals surface area contributed by atoms with Gasteiger partial charge in [-0.3, -0.25) is 0 Å². The maximum absolute atomic E-state index is 5.99. The topological polar surface area (TPSA) is 63.8 Å². The third-order valence-electron chi connectivity index (χ3n) is 3.69. The van der Waals surface area contributed by atoms with Crippen molar-refractivity contribution in [2.24, 2.45) is 0 Å². The van der Waals surface area contributed by atoms with Gasteiger partial charge in [0.05, 0.1) is 0 Å². The van der Waals surface area contributed by atoms with Crippen LogP contribution in [0.2, 0.25) is 0 Å². The van der Waals surface area contributed by atoms with Gasteiger partial charge in [-0.05, 0) is 32.3 Å². The Morgan fingerprint density at radius 1 is 1.25 bits per heavy atom. The lowest BCUT2D eigenvalue weighted by atomic mass is 10.1. The fourth-order valence-corrected chi connectivity index (χ4v) is 2.26. The zero-order valence-corrected chi connectivity index (χ0v) is 12.0. The first-order valence-corrected chi connectivity index (χ1v) is 7.07. The number of nitrogens with zero attached hydrogens (tertiary/aromatic N) is 2. The van der Waals surface area contributed by atoms with Crippen LogP contribution in [0, 0.1) is 13.8 Å². The summed E-state index contributed by atoms with van der Waals surface area (Å²) >= 11 is 0. The number of nitrogens with two attached hydrogens (primary N) is 1. The summed E-state index contributed by atoms with van der Waals surface area (Å²) in [5.74, 6) is 2.85. The summed E-state index contributed by atoms with van der Waals surface area (Å²) in [6.07, 6.45) is 2.36. The van der Waals surface area contributed by atoms with E-state index in [1.807, 2.05) is 6.92 Å². The lowest BCUT2D eigenvalue weighted by molar-refractivity contribution is 0.917. The molecule has 1 heterocycles. The Labute approximate surface area is 119 Å². The van der Waals surface area contributed by atoms with Gasteiger partial charge in [-0.15, -0.1) is 0 Å². The molecule has 4 nitrogen and oxygen atoms in total. The van der Waals surface area contributed by atoms with Crippen molar-refractivity contribution < 1.29 is 0 Å². The number of aromatic nitrogens is 2. The lowest BCUT2D eigenvalue weighted by Crippen LogP contribution is -2.09. The van der Waals surface area contributed by atoms with E-state index in [1.54, 1.807) is 0 Å². The predicted octanol–water partition coefficient (Wildman–Crippen LogP) is 3.17. The summed E-state index contributed by atoms with van der Waals surface area (Å²) in [4.78, 5) is 9.02. The van der Waals surface area contributed by atoms with Crippen LogP contribution >= 0.6 is 0 Å². The van der Waals surface area contributed by atoms with Crippen LogP contribution < -0.4 is 11.1 Å². The molecule has 4 heteroatoms. The van der Waals surface area contributed by atoms with Gasteiger partial charge >= 0.3 is 0 Å². The highest BCUT2D eigenvalue weighted by Gasteiger charge is 2.27. The number of aryl methyl sites for hydroxylation is 1. The third-order valence-corrected chi connectivity index (χ3v) is 3.69. The van der Waals surface area contributed by atoms with E-state index >= 15 is 0 Å². The highest BCUT2D eigenvalue weighted by atomic mass is 15.1. The van der Waals surface area contributed by atoms with Crippen LogP contribution in [0.25, 0.3) is 0 Å². The first kappa shape index (κ1) is 12.9. The molecule has 0 amide bonds. The van der Waals surface area contributed by atoms with Crippen LogP contribution in [0.15, 0.2) is 24.3 Å². The highest BCUT2D eigenvalue weighted by Crippen LogP contribution is 2.39. The molecule has 104 valence electrons. The van der Waals surface area contributed by atoms with Gasteiger partial charge < -0.3 is 11.1 Å². The number of anilines is 2. The summed E-state index contributed by atoms with van der Waals surface area (Å²) < 4.78 is 0. The van der Waals surface area contributed by atoms with Crippen LogP contribution in [-0.4, -0.2) is 9.97 Å². The molecule has 1 aromatic heterocycles. The first-order chi connectivity index (χ1) is 9.63.